The molecule has 0 aliphatic carbocycles. The summed E-state index contributed by atoms with van der Waals surface area (Å²) in [6, 6.07) is 5.55. The van der Waals surface area contributed by atoms with Crippen LogP contribution in [0.25, 0.3) is 0 Å². The highest BCUT2D eigenvalue weighted by Gasteiger charge is 2.11. The molecule has 19 heavy (non-hydrogen) atoms. The van der Waals surface area contributed by atoms with Crippen molar-refractivity contribution in [1.29, 1.82) is 0 Å². The molecule has 1 fully saturated rings. The van der Waals surface area contributed by atoms with Gasteiger partial charge >= 0.3 is 5.97 Å². The summed E-state index contributed by atoms with van der Waals surface area (Å²) in [4.78, 5) is 11.4. The molecule has 1 aromatic rings. The number of nitrogens with one attached hydrogen (secondary N) is 1. The van der Waals surface area contributed by atoms with E-state index in [9.17, 15) is 4.79 Å². The molecular formula is C14H19BrN2O2. The molecule has 1 aromatic carbocycles. The number of rotatable bonds is 4. The molecule has 0 aromatic heterocycles. The van der Waals surface area contributed by atoms with Crippen LogP contribution >= 0.6 is 15.9 Å². The van der Waals surface area contributed by atoms with Crippen LogP contribution in [0.2, 0.25) is 0 Å². The van der Waals surface area contributed by atoms with Gasteiger partial charge in [0.25, 0.3) is 0 Å². The van der Waals surface area contributed by atoms with Crippen molar-refractivity contribution in [2.45, 2.75) is 25.8 Å². The fourth-order valence-corrected chi connectivity index (χ4v) is 2.70. The summed E-state index contributed by atoms with van der Waals surface area (Å²) >= 11 is 3.50. The Morgan fingerprint density at radius 2 is 2.11 bits per heavy atom. The topological polar surface area (TPSA) is 41.6 Å². The minimum Gasteiger partial charge on any atom is -0.465 e. The molecule has 2 rings (SSSR count). The number of benzene rings is 1. The standard InChI is InChI=1S/C14H19BrN2O2/c1-19-14(18)11-5-6-12(13(15)9-11)10-16-17-7-3-2-4-8-17/h5-6,9,16H,2-4,7-8,10H2,1H3. The summed E-state index contributed by atoms with van der Waals surface area (Å²) in [5, 5.41) is 2.27. The van der Waals surface area contributed by atoms with E-state index in [2.05, 4.69) is 26.4 Å². The van der Waals surface area contributed by atoms with Crippen LogP contribution in [0.5, 0.6) is 0 Å². The molecule has 0 unspecified atom stereocenters. The maximum atomic E-state index is 11.4. The molecule has 0 atom stereocenters. The van der Waals surface area contributed by atoms with Gasteiger partial charge in [-0.3, -0.25) is 5.43 Å². The van der Waals surface area contributed by atoms with Crippen LogP contribution in [-0.4, -0.2) is 31.2 Å². The van der Waals surface area contributed by atoms with Gasteiger partial charge in [-0.1, -0.05) is 28.4 Å². The normalized spacial score (nSPS) is 16.3. The highest BCUT2D eigenvalue weighted by Crippen LogP contribution is 2.19. The monoisotopic (exact) mass is 326 g/mol. The first kappa shape index (κ1) is 14.5. The van der Waals surface area contributed by atoms with E-state index in [1.165, 1.54) is 26.4 Å². The third-order valence-electron chi connectivity index (χ3n) is 3.32. The van der Waals surface area contributed by atoms with E-state index in [1.54, 1.807) is 12.1 Å². The van der Waals surface area contributed by atoms with Crippen molar-refractivity contribution in [1.82, 2.24) is 10.4 Å². The van der Waals surface area contributed by atoms with Crippen LogP contribution in [0, 0.1) is 0 Å². The van der Waals surface area contributed by atoms with E-state index in [1.807, 2.05) is 6.07 Å². The summed E-state index contributed by atoms with van der Waals surface area (Å²) in [6.07, 6.45) is 3.85. The first-order valence-electron chi connectivity index (χ1n) is 6.56. The van der Waals surface area contributed by atoms with E-state index >= 15 is 0 Å². The number of carbonyl (C=O) groups is 1. The Morgan fingerprint density at radius 3 is 2.74 bits per heavy atom. The number of methoxy groups -OCH3 is 1. The number of hydrazine groups is 1. The van der Waals surface area contributed by atoms with Gasteiger partial charge in [-0.15, -0.1) is 0 Å². The van der Waals surface area contributed by atoms with Gasteiger partial charge < -0.3 is 4.74 Å². The van der Waals surface area contributed by atoms with E-state index in [4.69, 9.17) is 4.74 Å². The molecule has 1 saturated heterocycles. The highest BCUT2D eigenvalue weighted by atomic mass is 79.9. The van der Waals surface area contributed by atoms with Gasteiger partial charge in [0.05, 0.1) is 12.7 Å². The number of hydrogen-bond donors (Lipinski definition) is 1. The molecule has 104 valence electrons. The molecule has 4 nitrogen and oxygen atoms in total. The second kappa shape index (κ2) is 7.03. The van der Waals surface area contributed by atoms with Crippen LogP contribution < -0.4 is 5.43 Å². The van der Waals surface area contributed by atoms with Gasteiger partial charge in [0, 0.05) is 24.1 Å². The van der Waals surface area contributed by atoms with Crippen molar-refractivity contribution >= 4 is 21.9 Å². The van der Waals surface area contributed by atoms with Gasteiger partial charge in [0.1, 0.15) is 0 Å². The van der Waals surface area contributed by atoms with Crippen LogP contribution in [0.3, 0.4) is 0 Å². The molecule has 1 heterocycles. The second-order valence-corrected chi connectivity index (χ2v) is 5.53. The van der Waals surface area contributed by atoms with Crippen molar-refractivity contribution in [2.24, 2.45) is 0 Å². The molecule has 0 bridgehead atoms. The Hall–Kier alpha value is -0.910. The van der Waals surface area contributed by atoms with E-state index in [-0.39, 0.29) is 5.97 Å². The number of hydrogen-bond acceptors (Lipinski definition) is 4. The van der Waals surface area contributed by atoms with E-state index < -0.39 is 0 Å². The molecule has 0 amide bonds. The minimum absolute atomic E-state index is 0.309. The summed E-state index contributed by atoms with van der Waals surface area (Å²) in [7, 11) is 1.39. The van der Waals surface area contributed by atoms with Crippen molar-refractivity contribution < 1.29 is 9.53 Å². The van der Waals surface area contributed by atoms with Gasteiger partial charge in [-0.2, -0.15) is 0 Å². The smallest absolute Gasteiger partial charge is 0.337 e. The zero-order valence-corrected chi connectivity index (χ0v) is 12.7. The first-order chi connectivity index (χ1) is 9.20. The molecule has 1 aliphatic rings. The number of piperidine rings is 1. The minimum atomic E-state index is -0.309. The van der Waals surface area contributed by atoms with Gasteiger partial charge in [-0.25, -0.2) is 9.80 Å². The maximum absolute atomic E-state index is 11.4. The predicted molar refractivity (Wildman–Crippen MR) is 77.7 cm³/mol. The van der Waals surface area contributed by atoms with E-state index in [0.717, 1.165) is 29.7 Å². The summed E-state index contributed by atoms with van der Waals surface area (Å²) in [5.41, 5.74) is 5.13. The first-order valence-corrected chi connectivity index (χ1v) is 7.35. The highest BCUT2D eigenvalue weighted by molar-refractivity contribution is 9.10. The number of halogens is 1. The molecule has 1 aliphatic heterocycles. The predicted octanol–water partition coefficient (Wildman–Crippen LogP) is 2.73. The van der Waals surface area contributed by atoms with Crippen LogP contribution in [0.1, 0.15) is 35.2 Å². The Morgan fingerprint density at radius 1 is 1.37 bits per heavy atom. The second-order valence-electron chi connectivity index (χ2n) is 4.68. The van der Waals surface area contributed by atoms with Crippen LogP contribution in [0.4, 0.5) is 0 Å². The molecule has 0 radical (unpaired) electrons. The van der Waals surface area contributed by atoms with Crippen molar-refractivity contribution in [2.75, 3.05) is 20.2 Å². The number of esters is 1. The fourth-order valence-electron chi connectivity index (χ4n) is 2.18. The van der Waals surface area contributed by atoms with Crippen LogP contribution in [0.15, 0.2) is 22.7 Å². The molecule has 5 heteroatoms. The average Bonchev–Trinajstić information content (AvgIpc) is 2.46. The van der Waals surface area contributed by atoms with Gasteiger partial charge in [0.2, 0.25) is 0 Å². The molecule has 0 spiro atoms. The number of ether oxygens (including phenoxy) is 1. The summed E-state index contributed by atoms with van der Waals surface area (Å²) in [5.74, 6) is -0.309. The lowest BCUT2D eigenvalue weighted by Crippen LogP contribution is -2.41. The largest absolute Gasteiger partial charge is 0.465 e. The fraction of sp³-hybridized carbons (Fsp3) is 0.500. The zero-order chi connectivity index (χ0) is 13.7. The Labute approximate surface area is 122 Å². The van der Waals surface area contributed by atoms with Crippen LogP contribution in [-0.2, 0) is 11.3 Å². The van der Waals surface area contributed by atoms with Crippen molar-refractivity contribution in [3.05, 3.63) is 33.8 Å². The Kier molecular flexibility index (Phi) is 5.36. The summed E-state index contributed by atoms with van der Waals surface area (Å²) in [6.45, 7) is 2.98. The third-order valence-corrected chi connectivity index (χ3v) is 4.06. The lowest BCUT2D eigenvalue weighted by molar-refractivity contribution is 0.0600. The zero-order valence-electron chi connectivity index (χ0n) is 11.1. The molecular weight excluding hydrogens is 308 g/mol. The van der Waals surface area contributed by atoms with Crippen molar-refractivity contribution in [3.8, 4) is 0 Å². The third kappa shape index (κ3) is 4.03. The SMILES string of the molecule is COC(=O)c1ccc(CNN2CCCCC2)c(Br)c1. The van der Waals surface area contributed by atoms with E-state index in [0.29, 0.717) is 5.56 Å². The number of carbonyl (C=O) groups excluding carboxylic acids is 1. The molecule has 0 saturated carbocycles. The Bertz CT molecular complexity index is 445. The van der Waals surface area contributed by atoms with Gasteiger partial charge in [-0.05, 0) is 30.5 Å². The average molecular weight is 327 g/mol. The molecule has 1 N–H and O–H groups in total. The van der Waals surface area contributed by atoms with Gasteiger partial charge in [0.15, 0.2) is 0 Å². The Balaban J connectivity index is 1.95. The number of nitrogens with zero attached hydrogens (tertiary/aromatic N) is 1. The summed E-state index contributed by atoms with van der Waals surface area (Å²) < 4.78 is 5.63. The lowest BCUT2D eigenvalue weighted by atomic mass is 10.1. The van der Waals surface area contributed by atoms with Crippen molar-refractivity contribution in [3.63, 3.8) is 0 Å². The lowest BCUT2D eigenvalue weighted by Gasteiger charge is -2.27. The quantitative estimate of drug-likeness (QED) is 0.864. The maximum Gasteiger partial charge on any atom is 0.337 e.